The summed E-state index contributed by atoms with van der Waals surface area (Å²) in [5.74, 6) is -7.32. The minimum absolute atomic E-state index is 0.000145. The summed E-state index contributed by atoms with van der Waals surface area (Å²) in [5, 5.41) is 85.3. The second kappa shape index (κ2) is 16.2. The maximum absolute atomic E-state index is 14.4. The van der Waals surface area contributed by atoms with E-state index in [-0.39, 0.29) is 29.5 Å². The molecule has 7 rings (SSSR count). The zero-order valence-corrected chi connectivity index (χ0v) is 31.8. The molecule has 308 valence electrons. The molecule has 1 saturated heterocycles. The molecule has 2 fully saturated rings. The lowest BCUT2D eigenvalue weighted by molar-refractivity contribution is -0.422. The highest BCUT2D eigenvalue weighted by Crippen LogP contribution is 2.54. The van der Waals surface area contributed by atoms with Gasteiger partial charge in [0.25, 0.3) is 5.91 Å². The molecule has 16 heteroatoms. The molecular weight excluding hydrogens is 752 g/mol. The first-order chi connectivity index (χ1) is 27.7. The molecule has 4 aliphatic rings. The number of fused-ring (bicyclic) bond motifs is 1. The molecule has 1 saturated carbocycles. The number of carbonyl (C=O) groups is 2. The number of carboxylic acid groups (broad SMARTS) is 1. The average molecular weight is 801 g/mol. The van der Waals surface area contributed by atoms with Gasteiger partial charge >= 0.3 is 11.9 Å². The van der Waals surface area contributed by atoms with Gasteiger partial charge in [0.15, 0.2) is 17.6 Å². The van der Waals surface area contributed by atoms with E-state index >= 15 is 0 Å². The first-order valence-electron chi connectivity index (χ1n) is 19.3. The van der Waals surface area contributed by atoms with Crippen molar-refractivity contribution in [2.45, 2.75) is 99.3 Å². The van der Waals surface area contributed by atoms with Gasteiger partial charge in [-0.3, -0.25) is 19.7 Å². The SMILES string of the molecule is CCC1=NCN=C1Cc1cc(/C=C/C(=O)N2c3cc(O[C@]4(O)O[C@H](CO)[C@@H](O)[C@H](O)[C@H]4O)c(O)cc3[C@@H](C[C@]3(c4ccccc4)CCC[C@H]3N)[C@@H]2C(=O)O)ccc1O. The number of aliphatic carboxylic acids is 1. The zero-order valence-electron chi connectivity index (χ0n) is 31.8. The number of aliphatic hydroxyl groups is 5. The van der Waals surface area contributed by atoms with Crippen molar-refractivity contribution in [2.24, 2.45) is 15.7 Å². The Morgan fingerprint density at radius 3 is 2.43 bits per heavy atom. The number of hydrogen-bond acceptors (Lipinski definition) is 14. The number of aromatic hydroxyl groups is 2. The number of rotatable bonds is 12. The molecule has 1 amide bonds. The lowest BCUT2D eigenvalue weighted by atomic mass is 9.68. The highest BCUT2D eigenvalue weighted by Gasteiger charge is 2.56. The predicted molar refractivity (Wildman–Crippen MR) is 211 cm³/mol. The summed E-state index contributed by atoms with van der Waals surface area (Å²) in [6.07, 6.45) is -1.82. The van der Waals surface area contributed by atoms with Crippen LogP contribution < -0.4 is 15.4 Å². The van der Waals surface area contributed by atoms with Gasteiger partial charge in [-0.25, -0.2) is 4.79 Å². The number of phenols is 2. The van der Waals surface area contributed by atoms with Crippen molar-refractivity contribution >= 4 is 35.1 Å². The van der Waals surface area contributed by atoms with Crippen LogP contribution in [0.25, 0.3) is 6.08 Å². The second-order valence-electron chi connectivity index (χ2n) is 15.3. The number of aliphatic hydroxyl groups excluding tert-OH is 4. The number of phenolic OH excluding ortho intramolecular Hbond substituents is 2. The van der Waals surface area contributed by atoms with Crippen LogP contribution in [0.1, 0.15) is 67.2 Å². The van der Waals surface area contributed by atoms with E-state index < -0.39 is 77.7 Å². The minimum atomic E-state index is -3.12. The minimum Gasteiger partial charge on any atom is -0.508 e. The zero-order chi connectivity index (χ0) is 41.5. The lowest BCUT2D eigenvalue weighted by Crippen LogP contribution is -2.67. The molecule has 0 radical (unpaired) electrons. The summed E-state index contributed by atoms with van der Waals surface area (Å²) in [4.78, 5) is 37.7. The smallest absolute Gasteiger partial charge is 0.355 e. The van der Waals surface area contributed by atoms with Crippen LogP contribution in [0.3, 0.4) is 0 Å². The Hall–Kier alpha value is -5.20. The van der Waals surface area contributed by atoms with Crippen LogP contribution in [0.15, 0.2) is 76.7 Å². The number of nitrogens with two attached hydrogens (primary N) is 1. The van der Waals surface area contributed by atoms with E-state index in [2.05, 4.69) is 9.98 Å². The van der Waals surface area contributed by atoms with Gasteiger partial charge in [0.1, 0.15) is 36.8 Å². The molecule has 16 nitrogen and oxygen atoms in total. The van der Waals surface area contributed by atoms with Crippen molar-refractivity contribution in [1.29, 1.82) is 0 Å². The van der Waals surface area contributed by atoms with Crippen molar-refractivity contribution < 1.29 is 59.9 Å². The Kier molecular flexibility index (Phi) is 11.5. The molecular formula is C42H48N4O12. The molecule has 0 unspecified atom stereocenters. The Morgan fingerprint density at radius 2 is 1.76 bits per heavy atom. The third-order valence-electron chi connectivity index (χ3n) is 12.0. The third kappa shape index (κ3) is 7.36. The van der Waals surface area contributed by atoms with Crippen molar-refractivity contribution in [3.8, 4) is 17.2 Å². The van der Waals surface area contributed by atoms with Gasteiger partial charge < -0.3 is 56.1 Å². The molecule has 0 bridgehead atoms. The normalized spacial score (nSPS) is 30.7. The Labute approximate surface area is 333 Å². The topological polar surface area (TPSA) is 268 Å². The molecule has 58 heavy (non-hydrogen) atoms. The second-order valence-corrected chi connectivity index (χ2v) is 15.3. The molecule has 9 atom stereocenters. The summed E-state index contributed by atoms with van der Waals surface area (Å²) in [5.41, 5.74) is 9.99. The van der Waals surface area contributed by atoms with E-state index in [4.69, 9.17) is 15.2 Å². The summed E-state index contributed by atoms with van der Waals surface area (Å²) in [6.45, 7) is 1.40. The fourth-order valence-electron chi connectivity index (χ4n) is 8.92. The fourth-order valence-corrected chi connectivity index (χ4v) is 8.92. The van der Waals surface area contributed by atoms with Crippen LogP contribution in [-0.2, 0) is 26.2 Å². The number of benzene rings is 3. The summed E-state index contributed by atoms with van der Waals surface area (Å²) in [6, 6.07) is 14.8. The quantitative estimate of drug-likeness (QED) is 0.0936. The van der Waals surface area contributed by atoms with Gasteiger partial charge in [0.2, 0.25) is 0 Å². The number of anilines is 1. The van der Waals surface area contributed by atoms with Crippen LogP contribution in [0.5, 0.6) is 17.2 Å². The molecule has 0 aromatic heterocycles. The van der Waals surface area contributed by atoms with Crippen molar-refractivity contribution in [3.63, 3.8) is 0 Å². The van der Waals surface area contributed by atoms with E-state index in [0.29, 0.717) is 43.5 Å². The molecule has 1 aliphatic carbocycles. The standard InChI is InChI=1S/C42H48N4O12/c1-2-27-28(45-21-44-27)16-23-15-22(10-12-30(23)48)11-13-35(50)46-29-18-32(57-42(56)39(53)38(52)37(51)33(20-47)58-42)31(49)17-25(29)26(36(46)40(54)55)19-41(14-6-9-34(41)43)24-7-4-3-5-8-24/h3-5,7-8,10-13,15,17-18,26,33-34,36-39,47-49,51-53,56H,2,6,9,14,16,19-21,43H2,1H3,(H,54,55)/b13-11+/t26-,33-,34-,36-,37-,38+,39-,41+,42+/m1/s1. The van der Waals surface area contributed by atoms with Crippen LogP contribution in [-0.4, -0.2) is 120 Å². The van der Waals surface area contributed by atoms with Gasteiger partial charge in [-0.15, -0.1) is 0 Å². The van der Waals surface area contributed by atoms with Gasteiger partial charge in [-0.05, 0) is 66.6 Å². The summed E-state index contributed by atoms with van der Waals surface area (Å²) >= 11 is 0. The molecule has 0 spiro atoms. The van der Waals surface area contributed by atoms with Crippen LogP contribution in [0.2, 0.25) is 0 Å². The molecule has 3 aromatic rings. The fraction of sp³-hybridized carbons (Fsp3) is 0.429. The van der Waals surface area contributed by atoms with E-state index in [1.54, 1.807) is 12.1 Å². The maximum Gasteiger partial charge on any atom is 0.355 e. The van der Waals surface area contributed by atoms with Gasteiger partial charge in [-0.1, -0.05) is 49.7 Å². The Morgan fingerprint density at radius 1 is 1.02 bits per heavy atom. The number of ether oxygens (including phenoxy) is 2. The molecule has 3 heterocycles. The number of carboxylic acids is 1. The summed E-state index contributed by atoms with van der Waals surface area (Å²) in [7, 11) is 0. The van der Waals surface area contributed by atoms with Gasteiger partial charge in [-0.2, -0.15) is 0 Å². The Balaban J connectivity index is 1.29. The number of aliphatic imine (C=N–C) groups is 2. The Bertz CT molecular complexity index is 2140. The first-order valence-corrected chi connectivity index (χ1v) is 19.3. The monoisotopic (exact) mass is 800 g/mol. The largest absolute Gasteiger partial charge is 0.508 e. The van der Waals surface area contributed by atoms with Crippen molar-refractivity contribution in [2.75, 3.05) is 18.2 Å². The molecule has 3 aromatic carbocycles. The molecule has 3 aliphatic heterocycles. The average Bonchev–Trinajstić information content (AvgIpc) is 3.91. The third-order valence-corrected chi connectivity index (χ3v) is 12.0. The van der Waals surface area contributed by atoms with Crippen LogP contribution in [0, 0.1) is 0 Å². The summed E-state index contributed by atoms with van der Waals surface area (Å²) < 4.78 is 10.8. The molecule has 10 N–H and O–H groups in total. The first kappa shape index (κ1) is 41.0. The van der Waals surface area contributed by atoms with Gasteiger partial charge in [0.05, 0.1) is 23.7 Å². The maximum atomic E-state index is 14.4. The predicted octanol–water partition coefficient (Wildman–Crippen LogP) is 1.84. The number of amides is 1. The highest BCUT2D eigenvalue weighted by atomic mass is 16.8. The number of hydrogen-bond donors (Lipinski definition) is 9. The van der Waals surface area contributed by atoms with E-state index in [1.807, 2.05) is 37.3 Å². The van der Waals surface area contributed by atoms with Crippen molar-refractivity contribution in [3.05, 3.63) is 89.0 Å². The van der Waals surface area contributed by atoms with E-state index in [0.717, 1.165) is 34.4 Å². The van der Waals surface area contributed by atoms with Crippen molar-refractivity contribution in [1.82, 2.24) is 0 Å². The number of carbonyl (C=O) groups excluding carboxylic acids is 1. The number of nitrogens with zero attached hydrogens (tertiary/aromatic N) is 3. The van der Waals surface area contributed by atoms with E-state index in [9.17, 15) is 50.4 Å². The van der Waals surface area contributed by atoms with Crippen LogP contribution >= 0.6 is 0 Å². The highest BCUT2D eigenvalue weighted by molar-refractivity contribution is 6.43. The van der Waals surface area contributed by atoms with E-state index in [1.165, 1.54) is 24.3 Å². The lowest BCUT2D eigenvalue weighted by Gasteiger charge is -2.44. The van der Waals surface area contributed by atoms with Crippen LogP contribution in [0.4, 0.5) is 5.69 Å². The van der Waals surface area contributed by atoms with Gasteiger partial charge in [0, 0.05) is 41.5 Å².